The van der Waals surface area contributed by atoms with Crippen molar-refractivity contribution < 1.29 is 4.92 Å². The molecule has 3 rings (SSSR count). The molecular weight excluding hydrogens is 348 g/mol. The SMILES string of the molecule is CCn1c(Cc2ccccc2)nnc1SCc1cccc([N+](=O)[O-])c1C. The number of rotatable bonds is 7. The van der Waals surface area contributed by atoms with Crippen LogP contribution in [0, 0.1) is 17.0 Å². The van der Waals surface area contributed by atoms with Crippen molar-refractivity contribution in [1.82, 2.24) is 14.8 Å². The van der Waals surface area contributed by atoms with Crippen LogP contribution in [0.5, 0.6) is 0 Å². The van der Waals surface area contributed by atoms with Crippen LogP contribution in [0.15, 0.2) is 53.7 Å². The van der Waals surface area contributed by atoms with Gasteiger partial charge in [0.2, 0.25) is 0 Å². The average molecular weight is 368 g/mol. The minimum absolute atomic E-state index is 0.157. The summed E-state index contributed by atoms with van der Waals surface area (Å²) < 4.78 is 2.10. The number of hydrogen-bond donors (Lipinski definition) is 0. The van der Waals surface area contributed by atoms with Gasteiger partial charge in [-0.1, -0.05) is 54.2 Å². The molecule has 7 heteroatoms. The third kappa shape index (κ3) is 3.94. The zero-order chi connectivity index (χ0) is 18.5. The van der Waals surface area contributed by atoms with Crippen molar-refractivity contribution in [1.29, 1.82) is 0 Å². The summed E-state index contributed by atoms with van der Waals surface area (Å²) in [6.45, 7) is 4.64. The minimum Gasteiger partial charge on any atom is -0.306 e. The van der Waals surface area contributed by atoms with Crippen molar-refractivity contribution in [3.63, 3.8) is 0 Å². The zero-order valence-electron chi connectivity index (χ0n) is 14.8. The van der Waals surface area contributed by atoms with Crippen molar-refractivity contribution in [2.45, 2.75) is 37.7 Å². The number of aromatic nitrogens is 3. The molecule has 0 atom stereocenters. The lowest BCUT2D eigenvalue weighted by molar-refractivity contribution is -0.385. The summed E-state index contributed by atoms with van der Waals surface area (Å²) in [5.74, 6) is 1.55. The predicted molar refractivity (Wildman–Crippen MR) is 102 cm³/mol. The Morgan fingerprint density at radius 3 is 2.58 bits per heavy atom. The van der Waals surface area contributed by atoms with E-state index < -0.39 is 0 Å². The number of nitrogens with zero attached hydrogens (tertiary/aromatic N) is 4. The largest absolute Gasteiger partial charge is 0.306 e. The van der Waals surface area contributed by atoms with Crippen molar-refractivity contribution in [3.05, 3.63) is 81.2 Å². The quantitative estimate of drug-likeness (QED) is 0.351. The van der Waals surface area contributed by atoms with Gasteiger partial charge in [0.15, 0.2) is 5.16 Å². The molecule has 6 nitrogen and oxygen atoms in total. The van der Waals surface area contributed by atoms with Crippen LogP contribution >= 0.6 is 11.8 Å². The topological polar surface area (TPSA) is 73.8 Å². The molecule has 0 amide bonds. The number of nitro benzene ring substituents is 1. The second-order valence-electron chi connectivity index (χ2n) is 5.91. The third-order valence-electron chi connectivity index (χ3n) is 4.29. The summed E-state index contributed by atoms with van der Waals surface area (Å²) >= 11 is 1.56. The van der Waals surface area contributed by atoms with E-state index in [1.807, 2.05) is 24.3 Å². The van der Waals surface area contributed by atoms with Gasteiger partial charge in [0.1, 0.15) is 5.82 Å². The van der Waals surface area contributed by atoms with E-state index in [2.05, 4.69) is 33.8 Å². The first-order chi connectivity index (χ1) is 12.6. The monoisotopic (exact) mass is 368 g/mol. The van der Waals surface area contributed by atoms with E-state index in [9.17, 15) is 10.1 Å². The molecule has 0 spiro atoms. The Hall–Kier alpha value is -2.67. The Balaban J connectivity index is 1.77. The maximum atomic E-state index is 11.1. The molecule has 0 fully saturated rings. The van der Waals surface area contributed by atoms with Crippen LogP contribution < -0.4 is 0 Å². The number of thioether (sulfide) groups is 1. The molecule has 0 aliphatic rings. The van der Waals surface area contributed by atoms with Gasteiger partial charge < -0.3 is 4.57 Å². The van der Waals surface area contributed by atoms with Gasteiger partial charge in [-0.15, -0.1) is 10.2 Å². The lowest BCUT2D eigenvalue weighted by Gasteiger charge is -2.09. The van der Waals surface area contributed by atoms with Crippen molar-refractivity contribution in [2.75, 3.05) is 0 Å². The first kappa shape index (κ1) is 18.1. The summed E-state index contributed by atoms with van der Waals surface area (Å²) in [6, 6.07) is 15.4. The lowest BCUT2D eigenvalue weighted by atomic mass is 10.1. The van der Waals surface area contributed by atoms with Crippen LogP contribution in [0.2, 0.25) is 0 Å². The van der Waals surface area contributed by atoms with Crippen LogP contribution in [0.3, 0.4) is 0 Å². The fraction of sp³-hybridized carbons (Fsp3) is 0.263. The first-order valence-electron chi connectivity index (χ1n) is 8.41. The highest BCUT2D eigenvalue weighted by atomic mass is 32.2. The number of hydrogen-bond acceptors (Lipinski definition) is 5. The van der Waals surface area contributed by atoms with Crippen molar-refractivity contribution >= 4 is 17.4 Å². The smallest absolute Gasteiger partial charge is 0.272 e. The maximum absolute atomic E-state index is 11.1. The predicted octanol–water partition coefficient (Wildman–Crippen LogP) is 4.40. The summed E-state index contributed by atoms with van der Waals surface area (Å²) in [6.07, 6.45) is 0.734. The van der Waals surface area contributed by atoms with E-state index in [1.165, 1.54) is 11.6 Å². The fourth-order valence-corrected chi connectivity index (χ4v) is 3.91. The van der Waals surface area contributed by atoms with Crippen LogP contribution in [-0.4, -0.2) is 19.7 Å². The van der Waals surface area contributed by atoms with Gasteiger partial charge in [-0.2, -0.15) is 0 Å². The molecule has 0 aliphatic carbocycles. The molecule has 0 saturated heterocycles. The Bertz CT molecular complexity index is 909. The van der Waals surface area contributed by atoms with Gasteiger partial charge in [-0.25, -0.2) is 0 Å². The van der Waals surface area contributed by atoms with Crippen LogP contribution in [0.1, 0.15) is 29.4 Å². The molecule has 0 bridgehead atoms. The summed E-state index contributed by atoms with van der Waals surface area (Å²) in [4.78, 5) is 10.8. The van der Waals surface area contributed by atoms with Crippen molar-refractivity contribution in [3.8, 4) is 0 Å². The standard InChI is InChI=1S/C19H20N4O2S/c1-3-22-18(12-15-8-5-4-6-9-15)20-21-19(22)26-13-16-10-7-11-17(14(16)2)23(24)25/h4-11H,3,12-13H2,1-2H3. The molecule has 1 heterocycles. The summed E-state index contributed by atoms with van der Waals surface area (Å²) in [5, 5.41) is 20.6. The normalized spacial score (nSPS) is 10.8. The highest BCUT2D eigenvalue weighted by molar-refractivity contribution is 7.98. The molecule has 2 aromatic carbocycles. The van der Waals surface area contributed by atoms with E-state index in [4.69, 9.17) is 0 Å². The molecule has 0 unspecified atom stereocenters. The Kier molecular flexibility index (Phi) is 5.68. The van der Waals surface area contributed by atoms with E-state index in [0.717, 1.165) is 29.5 Å². The molecule has 26 heavy (non-hydrogen) atoms. The number of nitro groups is 1. The Morgan fingerprint density at radius 2 is 1.88 bits per heavy atom. The maximum Gasteiger partial charge on any atom is 0.272 e. The molecule has 0 N–H and O–H groups in total. The van der Waals surface area contributed by atoms with Gasteiger partial charge in [-0.3, -0.25) is 10.1 Å². The van der Waals surface area contributed by atoms with Crippen LogP contribution in [0.25, 0.3) is 0 Å². The number of benzene rings is 2. The van der Waals surface area contributed by atoms with Crippen molar-refractivity contribution in [2.24, 2.45) is 0 Å². The Morgan fingerprint density at radius 1 is 1.12 bits per heavy atom. The molecule has 0 aliphatic heterocycles. The third-order valence-corrected chi connectivity index (χ3v) is 5.30. The van der Waals surface area contributed by atoms with Crippen LogP contribution in [-0.2, 0) is 18.7 Å². The highest BCUT2D eigenvalue weighted by Crippen LogP contribution is 2.28. The van der Waals surface area contributed by atoms with Crippen LogP contribution in [0.4, 0.5) is 5.69 Å². The summed E-state index contributed by atoms with van der Waals surface area (Å²) in [5.41, 5.74) is 3.00. The van der Waals surface area contributed by atoms with Gasteiger partial charge in [0.25, 0.3) is 5.69 Å². The molecular formula is C19H20N4O2S. The van der Waals surface area contributed by atoms with Gasteiger partial charge >= 0.3 is 0 Å². The molecule has 3 aromatic rings. The van der Waals surface area contributed by atoms with Gasteiger partial charge in [-0.05, 0) is 25.0 Å². The second-order valence-corrected chi connectivity index (χ2v) is 6.85. The second kappa shape index (κ2) is 8.14. The van der Waals surface area contributed by atoms with Gasteiger partial charge in [0.05, 0.1) is 4.92 Å². The van der Waals surface area contributed by atoms with E-state index in [0.29, 0.717) is 11.3 Å². The molecule has 134 valence electrons. The van der Waals surface area contributed by atoms with E-state index >= 15 is 0 Å². The fourth-order valence-electron chi connectivity index (χ4n) is 2.82. The van der Waals surface area contributed by atoms with E-state index in [-0.39, 0.29) is 10.6 Å². The van der Waals surface area contributed by atoms with Gasteiger partial charge in [0, 0.05) is 30.3 Å². The Labute approximate surface area is 156 Å². The molecule has 0 saturated carbocycles. The zero-order valence-corrected chi connectivity index (χ0v) is 15.6. The summed E-state index contributed by atoms with van der Waals surface area (Å²) in [7, 11) is 0. The van der Waals surface area contributed by atoms with E-state index in [1.54, 1.807) is 24.8 Å². The molecule has 0 radical (unpaired) electrons. The molecule has 1 aromatic heterocycles. The highest BCUT2D eigenvalue weighted by Gasteiger charge is 2.16. The first-order valence-corrected chi connectivity index (χ1v) is 9.40. The average Bonchev–Trinajstić information content (AvgIpc) is 3.03. The minimum atomic E-state index is -0.337. The lowest BCUT2D eigenvalue weighted by Crippen LogP contribution is -2.04.